The largest absolute Gasteiger partial charge is 0.481 e. The maximum atomic E-state index is 11.5. The summed E-state index contributed by atoms with van der Waals surface area (Å²) in [6.07, 6.45) is 5.42. The first-order valence-electron chi connectivity index (χ1n) is 7.67. The predicted molar refractivity (Wildman–Crippen MR) is 70.6 cm³/mol. The number of hydrogen-bond donors (Lipinski definition) is 1. The second kappa shape index (κ2) is 4.09. The van der Waals surface area contributed by atoms with Gasteiger partial charge in [-0.15, -0.1) is 0 Å². The van der Waals surface area contributed by atoms with Crippen LogP contribution in [0.2, 0.25) is 0 Å². The van der Waals surface area contributed by atoms with Crippen molar-refractivity contribution in [1.82, 2.24) is 0 Å². The van der Waals surface area contributed by atoms with Crippen LogP contribution in [0, 0.1) is 41.4 Å². The molecule has 0 heterocycles. The van der Waals surface area contributed by atoms with Crippen LogP contribution in [-0.4, -0.2) is 23.1 Å². The van der Waals surface area contributed by atoms with E-state index in [0.29, 0.717) is 35.5 Å². The number of rotatable bonds is 3. The summed E-state index contributed by atoms with van der Waals surface area (Å²) in [6, 6.07) is 0. The van der Waals surface area contributed by atoms with Crippen LogP contribution < -0.4 is 0 Å². The third-order valence-corrected chi connectivity index (χ3v) is 6.53. The van der Waals surface area contributed by atoms with E-state index in [-0.39, 0.29) is 18.0 Å². The van der Waals surface area contributed by atoms with Crippen molar-refractivity contribution in [3.8, 4) is 0 Å². The van der Waals surface area contributed by atoms with Crippen molar-refractivity contribution in [2.24, 2.45) is 41.4 Å². The molecule has 4 nitrogen and oxygen atoms in total. The van der Waals surface area contributed by atoms with Crippen molar-refractivity contribution < 1.29 is 19.4 Å². The minimum Gasteiger partial charge on any atom is -0.481 e. The minimum atomic E-state index is -0.606. The molecule has 1 N–H and O–H groups in total. The first-order valence-corrected chi connectivity index (χ1v) is 7.67. The van der Waals surface area contributed by atoms with Crippen molar-refractivity contribution in [2.45, 2.75) is 31.8 Å². The van der Waals surface area contributed by atoms with E-state index >= 15 is 0 Å². The number of aliphatic carboxylic acids is 1. The molecule has 0 amide bonds. The lowest BCUT2D eigenvalue weighted by atomic mass is 9.70. The molecule has 4 aliphatic rings. The zero-order valence-electron chi connectivity index (χ0n) is 11.4. The number of hydrogen-bond acceptors (Lipinski definition) is 3. The average Bonchev–Trinajstić information content (AvgIpc) is 3.14. The van der Waals surface area contributed by atoms with E-state index < -0.39 is 5.97 Å². The minimum absolute atomic E-state index is 0.000505. The third kappa shape index (κ3) is 1.42. The van der Waals surface area contributed by atoms with E-state index in [9.17, 15) is 14.7 Å². The van der Waals surface area contributed by atoms with Gasteiger partial charge in [0.2, 0.25) is 0 Å². The number of ether oxygens (including phenoxy) is 1. The summed E-state index contributed by atoms with van der Waals surface area (Å²) in [6.45, 7) is 3.45. The van der Waals surface area contributed by atoms with E-state index in [1.54, 1.807) is 0 Å². The Morgan fingerprint density at radius 1 is 1.10 bits per heavy atom. The first kappa shape index (κ1) is 12.4. The lowest BCUT2D eigenvalue weighted by Gasteiger charge is -2.37. The van der Waals surface area contributed by atoms with E-state index in [2.05, 4.69) is 6.58 Å². The fourth-order valence-corrected chi connectivity index (χ4v) is 6.25. The normalized spacial score (nSPS) is 51.0. The Morgan fingerprint density at radius 2 is 1.80 bits per heavy atom. The fourth-order valence-electron chi connectivity index (χ4n) is 6.25. The molecule has 4 heteroatoms. The number of carboxylic acids is 1. The molecule has 4 bridgehead atoms. The smallest absolute Gasteiger partial charge is 0.330 e. The Bertz CT molecular complexity index is 485. The summed E-state index contributed by atoms with van der Waals surface area (Å²) in [7, 11) is 0. The van der Waals surface area contributed by atoms with Gasteiger partial charge in [0.25, 0.3) is 0 Å². The summed E-state index contributed by atoms with van der Waals surface area (Å²) in [4.78, 5) is 23.0. The van der Waals surface area contributed by atoms with Gasteiger partial charge in [-0.05, 0) is 61.2 Å². The van der Waals surface area contributed by atoms with Gasteiger partial charge in [-0.1, -0.05) is 6.58 Å². The van der Waals surface area contributed by atoms with Gasteiger partial charge >= 0.3 is 11.9 Å². The molecule has 4 fully saturated rings. The molecule has 4 rings (SSSR count). The zero-order valence-corrected chi connectivity index (χ0v) is 11.4. The fraction of sp³-hybridized carbons (Fsp3) is 0.750. The molecule has 0 aromatic heterocycles. The van der Waals surface area contributed by atoms with Gasteiger partial charge < -0.3 is 9.84 Å². The Labute approximate surface area is 118 Å². The average molecular weight is 276 g/mol. The van der Waals surface area contributed by atoms with Gasteiger partial charge in [-0.25, -0.2) is 4.79 Å². The molecule has 0 spiro atoms. The molecule has 8 unspecified atom stereocenters. The molecular weight excluding hydrogens is 256 g/mol. The zero-order chi connectivity index (χ0) is 14.0. The van der Waals surface area contributed by atoms with Gasteiger partial charge in [0.1, 0.15) is 6.10 Å². The molecule has 0 aromatic rings. The molecule has 0 saturated heterocycles. The molecule has 0 aliphatic heterocycles. The summed E-state index contributed by atoms with van der Waals surface area (Å²) >= 11 is 0. The number of carboxylic acid groups (broad SMARTS) is 1. The van der Waals surface area contributed by atoms with E-state index in [1.807, 2.05) is 0 Å². The SMILES string of the molecule is C=CC(=O)OC1CC2CC1C1C3CCC(C3C(=O)O)C21. The van der Waals surface area contributed by atoms with Crippen LogP contribution in [0.4, 0.5) is 0 Å². The Kier molecular flexibility index (Phi) is 2.54. The van der Waals surface area contributed by atoms with Gasteiger partial charge in [0, 0.05) is 6.08 Å². The second-order valence-electron chi connectivity index (χ2n) is 7.00. The lowest BCUT2D eigenvalue weighted by Crippen LogP contribution is -2.37. The number of fused-ring (bicyclic) bond motifs is 9. The molecule has 4 saturated carbocycles. The Morgan fingerprint density at radius 3 is 2.45 bits per heavy atom. The van der Waals surface area contributed by atoms with Crippen LogP contribution in [0.1, 0.15) is 25.7 Å². The first-order chi connectivity index (χ1) is 9.61. The molecular formula is C16H20O4. The van der Waals surface area contributed by atoms with Crippen molar-refractivity contribution in [3.05, 3.63) is 12.7 Å². The maximum Gasteiger partial charge on any atom is 0.330 e. The van der Waals surface area contributed by atoms with Crippen LogP contribution >= 0.6 is 0 Å². The Hall–Kier alpha value is -1.32. The summed E-state index contributed by atoms with van der Waals surface area (Å²) in [5.74, 6) is 1.66. The maximum absolute atomic E-state index is 11.5. The highest BCUT2D eigenvalue weighted by molar-refractivity contribution is 5.81. The van der Waals surface area contributed by atoms with Crippen LogP contribution in [0.15, 0.2) is 12.7 Å². The van der Waals surface area contributed by atoms with E-state index in [4.69, 9.17) is 4.74 Å². The highest BCUT2D eigenvalue weighted by atomic mass is 16.5. The molecule has 0 radical (unpaired) electrons. The van der Waals surface area contributed by atoms with E-state index in [1.165, 1.54) is 6.08 Å². The van der Waals surface area contributed by atoms with Crippen molar-refractivity contribution in [3.63, 3.8) is 0 Å². The van der Waals surface area contributed by atoms with Gasteiger partial charge in [-0.3, -0.25) is 4.79 Å². The number of carbonyl (C=O) groups is 2. The van der Waals surface area contributed by atoms with Crippen LogP contribution in [-0.2, 0) is 14.3 Å². The molecule has 4 aliphatic carbocycles. The number of esters is 1. The molecule has 0 aromatic carbocycles. The standard InChI is InChI=1S/C16H20O4/c1-2-12(17)20-11-6-7-5-10(11)14-9-4-3-8(13(7)14)15(9)16(18)19/h2,7-11,13-15H,1,3-6H2,(H,18,19). The van der Waals surface area contributed by atoms with Crippen LogP contribution in [0.5, 0.6) is 0 Å². The molecule has 108 valence electrons. The Balaban J connectivity index is 1.58. The van der Waals surface area contributed by atoms with Crippen LogP contribution in [0.25, 0.3) is 0 Å². The topological polar surface area (TPSA) is 63.6 Å². The number of carbonyl (C=O) groups excluding carboxylic acids is 1. The van der Waals surface area contributed by atoms with Gasteiger partial charge in [-0.2, -0.15) is 0 Å². The quantitative estimate of drug-likeness (QED) is 0.487. The molecule has 8 atom stereocenters. The lowest BCUT2D eigenvalue weighted by molar-refractivity contribution is -0.148. The third-order valence-electron chi connectivity index (χ3n) is 6.53. The van der Waals surface area contributed by atoms with Crippen molar-refractivity contribution >= 4 is 11.9 Å². The van der Waals surface area contributed by atoms with Crippen molar-refractivity contribution in [2.75, 3.05) is 0 Å². The molecule has 20 heavy (non-hydrogen) atoms. The van der Waals surface area contributed by atoms with Crippen LogP contribution in [0.3, 0.4) is 0 Å². The highest BCUT2D eigenvalue weighted by Gasteiger charge is 2.67. The summed E-state index contributed by atoms with van der Waals surface area (Å²) < 4.78 is 5.50. The van der Waals surface area contributed by atoms with Gasteiger partial charge in [0.15, 0.2) is 0 Å². The van der Waals surface area contributed by atoms with Gasteiger partial charge in [0.05, 0.1) is 5.92 Å². The monoisotopic (exact) mass is 276 g/mol. The predicted octanol–water partition coefficient (Wildman–Crippen LogP) is 2.10. The summed E-state index contributed by atoms with van der Waals surface area (Å²) in [5.41, 5.74) is 0. The highest BCUT2D eigenvalue weighted by Crippen LogP contribution is 2.69. The second-order valence-corrected chi connectivity index (χ2v) is 7.00. The van der Waals surface area contributed by atoms with Crippen molar-refractivity contribution in [1.29, 1.82) is 0 Å². The summed E-state index contributed by atoms with van der Waals surface area (Å²) in [5, 5.41) is 9.49. The van der Waals surface area contributed by atoms with E-state index in [0.717, 1.165) is 25.7 Å².